The smallest absolute Gasteiger partial charge is 0.342 e. The lowest BCUT2D eigenvalue weighted by Gasteiger charge is -2.38. The fourth-order valence-electron chi connectivity index (χ4n) is 4.24. The third-order valence-corrected chi connectivity index (χ3v) is 6.20. The van der Waals surface area contributed by atoms with Gasteiger partial charge in [0.15, 0.2) is 5.75 Å². The number of fused-ring (bicyclic) bond motifs is 2. The van der Waals surface area contributed by atoms with Crippen LogP contribution in [0.1, 0.15) is 50.4 Å². The summed E-state index contributed by atoms with van der Waals surface area (Å²) in [6, 6.07) is 6.92. The van der Waals surface area contributed by atoms with E-state index in [0.717, 1.165) is 12.8 Å². The van der Waals surface area contributed by atoms with Gasteiger partial charge in [-0.1, -0.05) is 32.9 Å². The van der Waals surface area contributed by atoms with Crippen LogP contribution in [0.15, 0.2) is 24.3 Å². The summed E-state index contributed by atoms with van der Waals surface area (Å²) in [5, 5.41) is 0. The number of hydrogen-bond acceptors (Lipinski definition) is 4. The number of carbonyl (C=O) groups excluding carboxylic acids is 1. The van der Waals surface area contributed by atoms with E-state index in [2.05, 4.69) is 20.8 Å². The highest BCUT2D eigenvalue weighted by atomic mass is 16.6. The van der Waals surface area contributed by atoms with E-state index in [-0.39, 0.29) is 22.9 Å². The lowest BCUT2D eigenvalue weighted by molar-refractivity contribution is -0.0244. The van der Waals surface area contributed by atoms with E-state index < -0.39 is 0 Å². The van der Waals surface area contributed by atoms with Gasteiger partial charge in [0.1, 0.15) is 11.7 Å². The van der Waals surface area contributed by atoms with Crippen LogP contribution in [0.4, 0.5) is 0 Å². The Hall–Kier alpha value is -1.55. The molecule has 0 aromatic heterocycles. The summed E-state index contributed by atoms with van der Waals surface area (Å²) in [7, 11) is 0. The van der Waals surface area contributed by atoms with Crippen molar-refractivity contribution in [2.75, 3.05) is 0 Å². The Morgan fingerprint density at radius 1 is 1.29 bits per heavy atom. The molecule has 0 spiro atoms. The molecule has 3 unspecified atom stereocenters. The summed E-state index contributed by atoms with van der Waals surface area (Å²) < 4.78 is 5.84. The van der Waals surface area contributed by atoms with E-state index in [9.17, 15) is 4.79 Å². The molecule has 114 valence electrons. The van der Waals surface area contributed by atoms with Crippen molar-refractivity contribution in [3.63, 3.8) is 0 Å². The molecular weight excluding hydrogens is 266 g/mol. The molecule has 0 saturated heterocycles. The minimum absolute atomic E-state index is 0.0235. The number of rotatable bonds is 3. The standard InChI is InChI=1S/C17H23NO3/c1-16(2)11-8-9-17(16,3)14(10-11)20-15(19)12-6-4-5-7-13(12)21-18/h4-7,11,14H,8-10,18H2,1-3H3. The van der Waals surface area contributed by atoms with Crippen molar-refractivity contribution < 1.29 is 14.4 Å². The molecule has 2 bridgehead atoms. The molecule has 2 aliphatic rings. The van der Waals surface area contributed by atoms with Gasteiger partial charge in [-0.3, -0.25) is 0 Å². The molecule has 3 rings (SSSR count). The summed E-state index contributed by atoms with van der Waals surface area (Å²) in [6.45, 7) is 6.86. The van der Waals surface area contributed by atoms with Crippen LogP contribution in [-0.4, -0.2) is 12.1 Å². The van der Waals surface area contributed by atoms with Crippen molar-refractivity contribution >= 4 is 5.97 Å². The van der Waals surface area contributed by atoms with Gasteiger partial charge in [0.25, 0.3) is 0 Å². The van der Waals surface area contributed by atoms with Crippen molar-refractivity contribution in [1.29, 1.82) is 0 Å². The number of hydrogen-bond donors (Lipinski definition) is 1. The molecule has 2 fully saturated rings. The molecule has 2 aliphatic carbocycles. The van der Waals surface area contributed by atoms with Gasteiger partial charge in [-0.25, -0.2) is 4.79 Å². The SMILES string of the molecule is CC1(C)C2CCC1(C)C(OC(=O)c1ccccc1ON)C2. The van der Waals surface area contributed by atoms with Crippen LogP contribution in [0.25, 0.3) is 0 Å². The highest BCUT2D eigenvalue weighted by Crippen LogP contribution is 2.66. The topological polar surface area (TPSA) is 61.5 Å². The largest absolute Gasteiger partial charge is 0.458 e. The first-order valence-electron chi connectivity index (χ1n) is 7.57. The lowest BCUT2D eigenvalue weighted by atomic mass is 9.70. The third-order valence-electron chi connectivity index (χ3n) is 6.20. The Labute approximate surface area is 125 Å². The molecular formula is C17H23NO3. The van der Waals surface area contributed by atoms with E-state index in [1.807, 2.05) is 0 Å². The maximum Gasteiger partial charge on any atom is 0.342 e. The maximum absolute atomic E-state index is 12.5. The summed E-state index contributed by atoms with van der Waals surface area (Å²) in [5.41, 5.74) is 0.678. The van der Waals surface area contributed by atoms with Gasteiger partial charge < -0.3 is 9.57 Å². The van der Waals surface area contributed by atoms with E-state index in [1.165, 1.54) is 6.42 Å². The van der Waals surface area contributed by atoms with Crippen LogP contribution in [0.2, 0.25) is 0 Å². The molecule has 21 heavy (non-hydrogen) atoms. The number of para-hydroxylation sites is 1. The number of esters is 1. The highest BCUT2D eigenvalue weighted by molar-refractivity contribution is 5.92. The quantitative estimate of drug-likeness (QED) is 0.685. The zero-order valence-electron chi connectivity index (χ0n) is 12.9. The Bertz CT molecular complexity index is 569. The Morgan fingerprint density at radius 3 is 2.57 bits per heavy atom. The van der Waals surface area contributed by atoms with Gasteiger partial charge in [-0.05, 0) is 42.7 Å². The maximum atomic E-state index is 12.5. The first-order valence-corrected chi connectivity index (χ1v) is 7.57. The summed E-state index contributed by atoms with van der Waals surface area (Å²) >= 11 is 0. The molecule has 3 atom stereocenters. The molecule has 1 aromatic rings. The fraction of sp³-hybridized carbons (Fsp3) is 0.588. The van der Waals surface area contributed by atoms with E-state index in [1.54, 1.807) is 24.3 Å². The Balaban J connectivity index is 1.81. The third kappa shape index (κ3) is 1.96. The van der Waals surface area contributed by atoms with Crippen LogP contribution >= 0.6 is 0 Å². The van der Waals surface area contributed by atoms with Gasteiger partial charge in [0.05, 0.1) is 0 Å². The van der Waals surface area contributed by atoms with E-state index in [4.69, 9.17) is 15.5 Å². The number of nitrogens with two attached hydrogens (primary N) is 1. The van der Waals surface area contributed by atoms with Crippen molar-refractivity contribution in [2.45, 2.75) is 46.1 Å². The van der Waals surface area contributed by atoms with E-state index >= 15 is 0 Å². The van der Waals surface area contributed by atoms with Crippen LogP contribution in [0, 0.1) is 16.7 Å². The summed E-state index contributed by atoms with van der Waals surface area (Å²) in [5.74, 6) is 5.87. The zero-order chi connectivity index (χ0) is 15.3. The Morgan fingerprint density at radius 2 is 2.00 bits per heavy atom. The molecule has 1 aromatic carbocycles. The molecule has 0 amide bonds. The first-order chi connectivity index (χ1) is 9.90. The van der Waals surface area contributed by atoms with Gasteiger partial charge in [-0.2, -0.15) is 5.90 Å². The van der Waals surface area contributed by atoms with Crippen molar-refractivity contribution in [3.8, 4) is 5.75 Å². The van der Waals surface area contributed by atoms with E-state index in [0.29, 0.717) is 17.2 Å². The lowest BCUT2D eigenvalue weighted by Crippen LogP contribution is -2.38. The van der Waals surface area contributed by atoms with Gasteiger partial charge >= 0.3 is 5.97 Å². The zero-order valence-corrected chi connectivity index (χ0v) is 12.9. The summed E-state index contributed by atoms with van der Waals surface area (Å²) in [4.78, 5) is 17.2. The van der Waals surface area contributed by atoms with Crippen molar-refractivity contribution in [3.05, 3.63) is 29.8 Å². The average molecular weight is 289 g/mol. The van der Waals surface area contributed by atoms with Crippen LogP contribution < -0.4 is 10.7 Å². The number of carbonyl (C=O) groups is 1. The van der Waals surface area contributed by atoms with Crippen molar-refractivity contribution in [2.24, 2.45) is 22.6 Å². The molecule has 2 N–H and O–H groups in total. The molecule has 0 radical (unpaired) electrons. The Kier molecular flexibility index (Phi) is 3.24. The number of ether oxygens (including phenoxy) is 1. The van der Waals surface area contributed by atoms with Crippen LogP contribution in [0.3, 0.4) is 0 Å². The highest BCUT2D eigenvalue weighted by Gasteiger charge is 2.62. The van der Waals surface area contributed by atoms with Gasteiger partial charge in [0.2, 0.25) is 0 Å². The monoisotopic (exact) mass is 289 g/mol. The van der Waals surface area contributed by atoms with Crippen molar-refractivity contribution in [1.82, 2.24) is 0 Å². The second-order valence-corrected chi connectivity index (χ2v) is 7.12. The average Bonchev–Trinajstić information content (AvgIpc) is 2.80. The molecule has 0 aliphatic heterocycles. The second-order valence-electron chi connectivity index (χ2n) is 7.12. The minimum atomic E-state index is -0.342. The number of benzene rings is 1. The predicted molar refractivity (Wildman–Crippen MR) is 79.7 cm³/mol. The summed E-state index contributed by atoms with van der Waals surface area (Å²) in [6.07, 6.45) is 3.29. The minimum Gasteiger partial charge on any atom is -0.458 e. The molecule has 4 nitrogen and oxygen atoms in total. The first kappa shape index (κ1) is 14.4. The normalized spacial score (nSPS) is 33.0. The van der Waals surface area contributed by atoms with Gasteiger partial charge in [-0.15, -0.1) is 0 Å². The van der Waals surface area contributed by atoms with Crippen LogP contribution in [-0.2, 0) is 4.74 Å². The fourth-order valence-corrected chi connectivity index (χ4v) is 4.24. The second kappa shape index (κ2) is 4.73. The molecule has 0 heterocycles. The molecule has 2 saturated carbocycles. The predicted octanol–water partition coefficient (Wildman–Crippen LogP) is 3.31. The van der Waals surface area contributed by atoms with Gasteiger partial charge in [0, 0.05) is 5.41 Å². The molecule has 4 heteroatoms. The van der Waals surface area contributed by atoms with Crippen LogP contribution in [0.5, 0.6) is 5.75 Å².